The lowest BCUT2D eigenvalue weighted by atomic mass is 9.67. The average molecular weight is 551 g/mol. The summed E-state index contributed by atoms with van der Waals surface area (Å²) in [6.07, 6.45) is 0.693. The number of carboxylic acids is 2. The van der Waals surface area contributed by atoms with Crippen molar-refractivity contribution in [1.82, 2.24) is 10.6 Å². The van der Waals surface area contributed by atoms with E-state index in [1.165, 1.54) is 0 Å². The van der Waals surface area contributed by atoms with E-state index in [0.29, 0.717) is 24.9 Å². The maximum atomic E-state index is 12.8. The maximum Gasteiger partial charge on any atom is 0.334 e. The first-order chi connectivity index (χ1) is 16.9. The van der Waals surface area contributed by atoms with Crippen LogP contribution in [0.3, 0.4) is 0 Å². The van der Waals surface area contributed by atoms with E-state index in [1.54, 1.807) is 28.4 Å². The number of amides is 2. The Morgan fingerprint density at radius 3 is 1.22 bits per heavy atom. The number of carbonyl (C=O) groups excluding carboxylic acids is 2. The van der Waals surface area contributed by atoms with Gasteiger partial charge in [0.05, 0.1) is 23.7 Å². The summed E-state index contributed by atoms with van der Waals surface area (Å²) in [5, 5.41) is 25.0. The normalized spacial score (nSPS) is 22.6. The molecule has 0 bridgehead atoms. The van der Waals surface area contributed by atoms with Gasteiger partial charge in [-0.1, -0.05) is 0 Å². The summed E-state index contributed by atoms with van der Waals surface area (Å²) in [7, 11) is 1.70. The molecule has 208 valence electrons. The first-order valence-electron chi connectivity index (χ1n) is 12.1. The number of hydrogen-bond donors (Lipinski definition) is 4. The summed E-state index contributed by atoms with van der Waals surface area (Å²) in [5.74, 6) is -7.90. The van der Waals surface area contributed by atoms with Crippen molar-refractivity contribution in [3.05, 3.63) is 0 Å². The number of carboxylic acid groups (broad SMARTS) is 2. The summed E-state index contributed by atoms with van der Waals surface area (Å²) in [6.45, 7) is 4.36. The molecule has 4 atom stereocenters. The number of nitrogens with one attached hydrogen (secondary N) is 2. The van der Waals surface area contributed by atoms with E-state index >= 15 is 0 Å². The molecule has 36 heavy (non-hydrogen) atoms. The van der Waals surface area contributed by atoms with E-state index in [1.807, 2.05) is 13.1 Å². The van der Waals surface area contributed by atoms with Crippen molar-refractivity contribution in [2.75, 3.05) is 41.5 Å². The quantitative estimate of drug-likeness (QED) is 0.161. The summed E-state index contributed by atoms with van der Waals surface area (Å²) < 4.78 is 21.6. The molecule has 0 saturated heterocycles. The first kappa shape index (κ1) is 32.2. The SMILES string of the molecule is CO[Si](C)(CCCNC(=O)C1CC(C(=O)O)C(C(=O)NCCC[Si](C)(OC)OC)CC1C(=O)O)OC. The number of rotatable bonds is 16. The van der Waals surface area contributed by atoms with Gasteiger partial charge in [-0.3, -0.25) is 19.2 Å². The van der Waals surface area contributed by atoms with Gasteiger partial charge in [-0.15, -0.1) is 0 Å². The van der Waals surface area contributed by atoms with E-state index in [-0.39, 0.29) is 25.9 Å². The Balaban J connectivity index is 2.79. The van der Waals surface area contributed by atoms with Gasteiger partial charge >= 0.3 is 29.1 Å². The van der Waals surface area contributed by atoms with Crippen LogP contribution in [0, 0.1) is 23.7 Å². The van der Waals surface area contributed by atoms with Crippen LogP contribution in [0.5, 0.6) is 0 Å². The highest BCUT2D eigenvalue weighted by Gasteiger charge is 2.48. The molecule has 4 N–H and O–H groups in total. The van der Waals surface area contributed by atoms with E-state index < -0.39 is 64.5 Å². The molecule has 0 aromatic rings. The first-order valence-corrected chi connectivity index (χ1v) is 17.1. The van der Waals surface area contributed by atoms with E-state index in [2.05, 4.69) is 10.6 Å². The van der Waals surface area contributed by atoms with Crippen LogP contribution in [0.2, 0.25) is 25.2 Å². The third kappa shape index (κ3) is 9.23. The molecule has 1 fully saturated rings. The molecule has 0 aromatic heterocycles. The van der Waals surface area contributed by atoms with Crippen molar-refractivity contribution < 1.29 is 47.1 Å². The fourth-order valence-corrected chi connectivity index (χ4v) is 7.20. The van der Waals surface area contributed by atoms with E-state index in [4.69, 9.17) is 17.7 Å². The third-order valence-electron chi connectivity index (χ3n) is 7.24. The second-order valence-corrected chi connectivity index (χ2v) is 16.6. The van der Waals surface area contributed by atoms with Crippen molar-refractivity contribution in [2.24, 2.45) is 23.7 Å². The Hall–Kier alpha value is -1.85. The minimum Gasteiger partial charge on any atom is -0.481 e. The average Bonchev–Trinajstić information content (AvgIpc) is 2.87. The van der Waals surface area contributed by atoms with Crippen LogP contribution in [-0.2, 0) is 36.9 Å². The Kier molecular flexibility index (Phi) is 13.2. The third-order valence-corrected chi connectivity index (χ3v) is 13.2. The van der Waals surface area contributed by atoms with Crippen LogP contribution in [0.4, 0.5) is 0 Å². The molecule has 0 heterocycles. The lowest BCUT2D eigenvalue weighted by Crippen LogP contribution is -2.50. The van der Waals surface area contributed by atoms with Gasteiger partial charge in [0.1, 0.15) is 0 Å². The topological polar surface area (TPSA) is 170 Å². The Morgan fingerprint density at radius 1 is 0.667 bits per heavy atom. The fourth-order valence-electron chi connectivity index (χ4n) is 4.41. The minimum atomic E-state index is -2.30. The van der Waals surface area contributed by atoms with Crippen molar-refractivity contribution in [2.45, 2.75) is 50.9 Å². The van der Waals surface area contributed by atoms with Crippen LogP contribution < -0.4 is 10.6 Å². The van der Waals surface area contributed by atoms with Gasteiger partial charge in [0.15, 0.2) is 0 Å². The van der Waals surface area contributed by atoms with Gasteiger partial charge in [-0.25, -0.2) is 0 Å². The number of hydrogen-bond acceptors (Lipinski definition) is 8. The number of aliphatic carboxylic acids is 2. The molecule has 0 radical (unpaired) electrons. The molecule has 4 unspecified atom stereocenters. The maximum absolute atomic E-state index is 12.8. The van der Waals surface area contributed by atoms with Crippen molar-refractivity contribution in [3.8, 4) is 0 Å². The minimum absolute atomic E-state index is 0.225. The van der Waals surface area contributed by atoms with Gasteiger partial charge in [-0.05, 0) is 50.9 Å². The van der Waals surface area contributed by atoms with Crippen LogP contribution in [-0.4, -0.2) is 92.6 Å². The second kappa shape index (κ2) is 14.8. The smallest absolute Gasteiger partial charge is 0.334 e. The van der Waals surface area contributed by atoms with Gasteiger partial charge < -0.3 is 38.6 Å². The Labute approximate surface area is 214 Å². The highest BCUT2D eigenvalue weighted by atomic mass is 28.4. The monoisotopic (exact) mass is 550 g/mol. The van der Waals surface area contributed by atoms with Gasteiger partial charge in [-0.2, -0.15) is 0 Å². The molecule has 1 rings (SSSR count). The molecule has 1 aliphatic carbocycles. The molecule has 0 aromatic carbocycles. The Bertz CT molecular complexity index is 699. The van der Waals surface area contributed by atoms with Gasteiger partial charge in [0, 0.05) is 41.5 Å². The summed E-state index contributed by atoms with van der Waals surface area (Å²) in [6, 6.07) is 1.26. The van der Waals surface area contributed by atoms with E-state index in [9.17, 15) is 29.4 Å². The van der Waals surface area contributed by atoms with Crippen LogP contribution in [0.15, 0.2) is 0 Å². The largest absolute Gasteiger partial charge is 0.481 e. The van der Waals surface area contributed by atoms with Gasteiger partial charge in [0.2, 0.25) is 11.8 Å². The van der Waals surface area contributed by atoms with E-state index in [0.717, 1.165) is 0 Å². The molecular weight excluding hydrogens is 508 g/mol. The molecule has 0 spiro atoms. The van der Waals surface area contributed by atoms with Crippen LogP contribution in [0.25, 0.3) is 0 Å². The molecule has 1 aliphatic rings. The Morgan fingerprint density at radius 2 is 0.972 bits per heavy atom. The summed E-state index contributed by atoms with van der Waals surface area (Å²) in [4.78, 5) is 49.6. The highest BCUT2D eigenvalue weighted by molar-refractivity contribution is 6.66. The highest BCUT2D eigenvalue weighted by Crippen LogP contribution is 2.39. The predicted octanol–water partition coefficient (Wildman–Crippen LogP) is 1.16. The predicted molar refractivity (Wildman–Crippen MR) is 135 cm³/mol. The molecule has 1 saturated carbocycles. The molecule has 0 aliphatic heterocycles. The van der Waals surface area contributed by atoms with Crippen molar-refractivity contribution in [1.29, 1.82) is 0 Å². The molecule has 14 heteroatoms. The standard InChI is InChI=1S/C22H42N2O10Si2/c1-31-35(5,32-2)11-7-9-23-19(25)15-13-18(22(29)30)16(14-17(15)21(27)28)20(26)24-10-8-12-36(6,33-3)34-4/h15-18H,7-14H2,1-6H3,(H,23,25)(H,24,26)(H,27,28)(H,29,30). The van der Waals surface area contributed by atoms with Gasteiger partial charge in [0.25, 0.3) is 0 Å². The van der Waals surface area contributed by atoms with Crippen molar-refractivity contribution >= 4 is 40.9 Å². The summed E-state index contributed by atoms with van der Waals surface area (Å²) in [5.41, 5.74) is 0. The zero-order chi connectivity index (χ0) is 27.5. The molecule has 12 nitrogen and oxygen atoms in total. The molecular formula is C22H42N2O10Si2. The fraction of sp³-hybridized carbons (Fsp3) is 0.818. The summed E-state index contributed by atoms with van der Waals surface area (Å²) >= 11 is 0. The lowest BCUT2D eigenvalue weighted by Gasteiger charge is -2.36. The zero-order valence-corrected chi connectivity index (χ0v) is 24.1. The molecule has 2 amide bonds. The van der Waals surface area contributed by atoms with Crippen LogP contribution in [0.1, 0.15) is 25.7 Å². The van der Waals surface area contributed by atoms with Crippen molar-refractivity contribution in [3.63, 3.8) is 0 Å². The zero-order valence-electron chi connectivity index (χ0n) is 22.1. The van der Waals surface area contributed by atoms with Crippen LogP contribution >= 0.6 is 0 Å². The lowest BCUT2D eigenvalue weighted by molar-refractivity contribution is -0.159. The second-order valence-electron chi connectivity index (χ2n) is 9.45. The number of carbonyl (C=O) groups is 4.